The molecule has 0 radical (unpaired) electrons. The molecule has 1 unspecified atom stereocenters. The van der Waals surface area contributed by atoms with E-state index in [0.717, 1.165) is 44.7 Å². The molecular weight excluding hydrogens is 336 g/mol. The number of hydrogen-bond acceptors (Lipinski definition) is 4. The third-order valence-corrected chi connectivity index (χ3v) is 5.93. The zero-order valence-corrected chi connectivity index (χ0v) is 16.2. The maximum Gasteiger partial charge on any atom is 0.162 e. The van der Waals surface area contributed by atoms with Crippen LogP contribution in [-0.4, -0.2) is 47.2 Å². The van der Waals surface area contributed by atoms with Crippen molar-refractivity contribution in [2.24, 2.45) is 0 Å². The van der Waals surface area contributed by atoms with Gasteiger partial charge < -0.3 is 9.84 Å². The summed E-state index contributed by atoms with van der Waals surface area (Å²) in [5, 5.41) is 10.5. The number of fused-ring (bicyclic) bond motifs is 1. The number of benzene rings is 2. The summed E-state index contributed by atoms with van der Waals surface area (Å²) in [6, 6.07) is 15.3. The lowest BCUT2D eigenvalue weighted by Crippen LogP contribution is -2.49. The highest BCUT2D eigenvalue weighted by molar-refractivity contribution is 5.45. The molecule has 2 aromatic carbocycles. The molecule has 144 valence electrons. The number of likely N-dealkylation sites (tertiary alicyclic amines) is 1. The summed E-state index contributed by atoms with van der Waals surface area (Å²) < 4.78 is 5.54. The summed E-state index contributed by atoms with van der Waals surface area (Å²) in [4.78, 5) is 5.14. The van der Waals surface area contributed by atoms with Gasteiger partial charge in [0.25, 0.3) is 0 Å². The van der Waals surface area contributed by atoms with Gasteiger partial charge in [0, 0.05) is 37.8 Å². The largest absolute Gasteiger partial charge is 0.504 e. The van der Waals surface area contributed by atoms with E-state index in [0.29, 0.717) is 24.1 Å². The number of nitrogens with zero attached hydrogens (tertiary/aromatic N) is 2. The molecule has 1 N–H and O–H groups in total. The minimum atomic E-state index is 0.299. The van der Waals surface area contributed by atoms with Crippen LogP contribution in [0, 0.1) is 0 Å². The van der Waals surface area contributed by atoms with Crippen LogP contribution in [0.25, 0.3) is 0 Å². The fourth-order valence-corrected chi connectivity index (χ4v) is 4.51. The first kappa shape index (κ1) is 18.3. The molecule has 0 aliphatic carbocycles. The Bertz CT molecular complexity index is 777. The predicted octanol–water partition coefficient (Wildman–Crippen LogP) is 3.81. The summed E-state index contributed by atoms with van der Waals surface area (Å²) in [6.45, 7) is 7.69. The molecule has 0 spiro atoms. The van der Waals surface area contributed by atoms with Crippen molar-refractivity contribution in [1.82, 2.24) is 9.80 Å². The van der Waals surface area contributed by atoms with Crippen LogP contribution >= 0.6 is 0 Å². The van der Waals surface area contributed by atoms with E-state index >= 15 is 0 Å². The second-order valence-electron chi connectivity index (χ2n) is 7.72. The van der Waals surface area contributed by atoms with Crippen molar-refractivity contribution in [1.29, 1.82) is 0 Å². The van der Waals surface area contributed by atoms with Crippen LogP contribution in [0.15, 0.2) is 42.5 Å². The van der Waals surface area contributed by atoms with E-state index in [1.807, 2.05) is 25.1 Å². The molecule has 27 heavy (non-hydrogen) atoms. The monoisotopic (exact) mass is 366 g/mol. The van der Waals surface area contributed by atoms with Crippen LogP contribution in [0.3, 0.4) is 0 Å². The second kappa shape index (κ2) is 8.32. The first-order valence-corrected chi connectivity index (χ1v) is 10.2. The van der Waals surface area contributed by atoms with Crippen molar-refractivity contribution < 1.29 is 9.84 Å². The Morgan fingerprint density at radius 1 is 1.07 bits per heavy atom. The number of phenols is 1. The zero-order valence-electron chi connectivity index (χ0n) is 16.2. The number of para-hydroxylation sites is 1. The zero-order chi connectivity index (χ0) is 18.6. The van der Waals surface area contributed by atoms with Gasteiger partial charge in [-0.2, -0.15) is 0 Å². The smallest absolute Gasteiger partial charge is 0.162 e. The van der Waals surface area contributed by atoms with Gasteiger partial charge in [0.1, 0.15) is 0 Å². The molecule has 0 saturated carbocycles. The number of ether oxygens (including phenoxy) is 1. The fourth-order valence-electron chi connectivity index (χ4n) is 4.51. The van der Waals surface area contributed by atoms with Gasteiger partial charge in [0.2, 0.25) is 0 Å². The van der Waals surface area contributed by atoms with Crippen LogP contribution in [0.4, 0.5) is 0 Å². The van der Waals surface area contributed by atoms with Gasteiger partial charge in [-0.15, -0.1) is 0 Å². The van der Waals surface area contributed by atoms with E-state index < -0.39 is 0 Å². The number of phenolic OH excluding ortho intramolecular Hbond substituents is 1. The lowest BCUT2D eigenvalue weighted by molar-refractivity contribution is 0.0834. The Labute approximate surface area is 162 Å². The molecular formula is C23H30N2O2. The number of hydrogen-bond donors (Lipinski definition) is 1. The lowest BCUT2D eigenvalue weighted by atomic mass is 9.96. The highest BCUT2D eigenvalue weighted by atomic mass is 16.5. The third kappa shape index (κ3) is 4.12. The standard InChI is InChI=1S/C23H30N2O2/c1-2-27-22-11-5-9-20(23(22)26)15-24-13-6-10-21(17-24)25-14-12-18-7-3-4-8-19(18)16-25/h3-5,7-9,11,21,26H,2,6,10,12-17H2,1H3. The summed E-state index contributed by atoms with van der Waals surface area (Å²) in [5.74, 6) is 0.893. The van der Waals surface area contributed by atoms with E-state index in [-0.39, 0.29) is 0 Å². The molecule has 0 bridgehead atoms. The molecule has 2 aromatic rings. The predicted molar refractivity (Wildman–Crippen MR) is 108 cm³/mol. The lowest BCUT2D eigenvalue weighted by Gasteiger charge is -2.41. The highest BCUT2D eigenvalue weighted by Gasteiger charge is 2.28. The minimum absolute atomic E-state index is 0.299. The molecule has 2 heterocycles. The summed E-state index contributed by atoms with van der Waals surface area (Å²) in [6.07, 6.45) is 3.64. The molecule has 4 rings (SSSR count). The quantitative estimate of drug-likeness (QED) is 0.873. The molecule has 1 atom stereocenters. The Morgan fingerprint density at radius 2 is 1.93 bits per heavy atom. The van der Waals surface area contributed by atoms with Crippen molar-refractivity contribution in [3.05, 3.63) is 59.2 Å². The number of rotatable bonds is 5. The Balaban J connectivity index is 1.41. The molecule has 0 aromatic heterocycles. The van der Waals surface area contributed by atoms with Crippen molar-refractivity contribution in [2.75, 3.05) is 26.2 Å². The molecule has 1 saturated heterocycles. The molecule has 2 aliphatic rings. The van der Waals surface area contributed by atoms with Crippen LogP contribution in [0.2, 0.25) is 0 Å². The van der Waals surface area contributed by atoms with Gasteiger partial charge in [-0.1, -0.05) is 36.4 Å². The Kier molecular flexibility index (Phi) is 5.65. The van der Waals surface area contributed by atoms with E-state index in [4.69, 9.17) is 4.74 Å². The first-order valence-electron chi connectivity index (χ1n) is 10.2. The van der Waals surface area contributed by atoms with Crippen molar-refractivity contribution >= 4 is 0 Å². The molecule has 4 heteroatoms. The summed E-state index contributed by atoms with van der Waals surface area (Å²) in [7, 11) is 0. The van der Waals surface area contributed by atoms with Crippen LogP contribution in [-0.2, 0) is 19.5 Å². The molecule has 4 nitrogen and oxygen atoms in total. The normalized spacial score (nSPS) is 21.0. The fraction of sp³-hybridized carbons (Fsp3) is 0.478. The van der Waals surface area contributed by atoms with Crippen molar-refractivity contribution in [2.45, 2.75) is 45.3 Å². The molecule has 2 aliphatic heterocycles. The highest BCUT2D eigenvalue weighted by Crippen LogP contribution is 2.32. The maximum absolute atomic E-state index is 10.5. The van der Waals surface area contributed by atoms with Crippen LogP contribution < -0.4 is 4.74 Å². The van der Waals surface area contributed by atoms with Gasteiger partial charge in [-0.3, -0.25) is 9.80 Å². The average Bonchev–Trinajstić information content (AvgIpc) is 2.71. The minimum Gasteiger partial charge on any atom is -0.504 e. The van der Waals surface area contributed by atoms with Crippen LogP contribution in [0.1, 0.15) is 36.5 Å². The average molecular weight is 367 g/mol. The topological polar surface area (TPSA) is 35.9 Å². The Hall–Kier alpha value is -2.04. The van der Waals surface area contributed by atoms with Gasteiger partial charge in [-0.25, -0.2) is 0 Å². The van der Waals surface area contributed by atoms with Crippen molar-refractivity contribution in [3.8, 4) is 11.5 Å². The third-order valence-electron chi connectivity index (χ3n) is 5.93. The summed E-state index contributed by atoms with van der Waals surface area (Å²) in [5.41, 5.74) is 3.97. The van der Waals surface area contributed by atoms with E-state index in [2.05, 4.69) is 34.1 Å². The second-order valence-corrected chi connectivity index (χ2v) is 7.72. The van der Waals surface area contributed by atoms with Crippen LogP contribution in [0.5, 0.6) is 11.5 Å². The SMILES string of the molecule is CCOc1cccc(CN2CCCC(N3CCc4ccccc4C3)C2)c1O. The molecule has 0 amide bonds. The van der Waals surface area contributed by atoms with E-state index in [1.165, 1.54) is 24.0 Å². The van der Waals surface area contributed by atoms with E-state index in [1.54, 1.807) is 0 Å². The van der Waals surface area contributed by atoms with Crippen molar-refractivity contribution in [3.63, 3.8) is 0 Å². The number of aromatic hydroxyl groups is 1. The first-order chi connectivity index (χ1) is 13.2. The Morgan fingerprint density at radius 3 is 2.78 bits per heavy atom. The summed E-state index contributed by atoms with van der Waals surface area (Å²) >= 11 is 0. The maximum atomic E-state index is 10.5. The van der Waals surface area contributed by atoms with Gasteiger partial charge in [-0.05, 0) is 49.9 Å². The van der Waals surface area contributed by atoms with Gasteiger partial charge >= 0.3 is 0 Å². The van der Waals surface area contributed by atoms with Gasteiger partial charge in [0.15, 0.2) is 11.5 Å². The number of piperidine rings is 1. The van der Waals surface area contributed by atoms with E-state index in [9.17, 15) is 5.11 Å². The molecule has 1 fully saturated rings. The van der Waals surface area contributed by atoms with Gasteiger partial charge in [0.05, 0.1) is 6.61 Å².